The topological polar surface area (TPSA) is 115 Å². The van der Waals surface area contributed by atoms with Gasteiger partial charge in [-0.15, -0.1) is 0 Å². The number of rotatable bonds is 5. The molecule has 7 nitrogen and oxygen atoms in total. The fourth-order valence-electron chi connectivity index (χ4n) is 1.84. The van der Waals surface area contributed by atoms with Gasteiger partial charge in [0.2, 0.25) is 0 Å². The molecule has 1 atom stereocenters. The highest BCUT2D eigenvalue weighted by Gasteiger charge is 2.12. The molecular weight excluding hydrogens is 248 g/mol. The second kappa shape index (κ2) is 5.15. The van der Waals surface area contributed by atoms with Gasteiger partial charge < -0.3 is 25.7 Å². The Balaban J connectivity index is 2.10. The second-order valence-electron chi connectivity index (χ2n) is 4.46. The van der Waals surface area contributed by atoms with E-state index in [2.05, 4.69) is 9.97 Å². The van der Waals surface area contributed by atoms with Gasteiger partial charge >= 0.3 is 11.7 Å². The molecule has 0 radical (unpaired) electrons. The molecule has 5 N–H and O–H groups in total. The van der Waals surface area contributed by atoms with Crippen LogP contribution in [-0.2, 0) is 4.79 Å². The molecule has 0 saturated heterocycles. The smallest absolute Gasteiger partial charge is 0.323 e. The maximum absolute atomic E-state index is 11.2. The standard InChI is InChI=1S/C12H16N4O3/c1-16(5-4-8(13)11(17)18)7-2-3-9-10(6-7)15-12(19)14-9/h2-3,6,8H,4-5,13H2,1H3,(H,17,18)(H2,14,15,19). The van der Waals surface area contributed by atoms with Crippen molar-refractivity contribution >= 4 is 22.7 Å². The first-order chi connectivity index (χ1) is 8.97. The predicted molar refractivity (Wildman–Crippen MR) is 72.4 cm³/mol. The molecule has 0 aliphatic rings. The first kappa shape index (κ1) is 13.2. The Morgan fingerprint density at radius 2 is 2.11 bits per heavy atom. The van der Waals surface area contributed by atoms with Crippen LogP contribution in [0, 0.1) is 0 Å². The average Bonchev–Trinajstić information content (AvgIpc) is 2.74. The number of hydrogen-bond acceptors (Lipinski definition) is 4. The lowest BCUT2D eigenvalue weighted by Crippen LogP contribution is -2.34. The first-order valence-electron chi connectivity index (χ1n) is 5.89. The largest absolute Gasteiger partial charge is 0.480 e. The fraction of sp³-hybridized carbons (Fsp3) is 0.333. The molecule has 19 heavy (non-hydrogen) atoms. The van der Waals surface area contributed by atoms with Crippen LogP contribution in [0.1, 0.15) is 6.42 Å². The summed E-state index contributed by atoms with van der Waals surface area (Å²) in [4.78, 5) is 29.0. The number of fused-ring (bicyclic) bond motifs is 1. The zero-order valence-electron chi connectivity index (χ0n) is 10.5. The van der Waals surface area contributed by atoms with Gasteiger partial charge in [0, 0.05) is 19.3 Å². The minimum Gasteiger partial charge on any atom is -0.480 e. The molecule has 2 aromatic rings. The monoisotopic (exact) mass is 264 g/mol. The zero-order valence-corrected chi connectivity index (χ0v) is 10.5. The van der Waals surface area contributed by atoms with Crippen LogP contribution in [0.4, 0.5) is 5.69 Å². The normalized spacial score (nSPS) is 12.5. The minimum absolute atomic E-state index is 0.247. The summed E-state index contributed by atoms with van der Waals surface area (Å²) in [6.45, 7) is 0.521. The maximum atomic E-state index is 11.2. The molecule has 2 rings (SSSR count). The number of hydrogen-bond donors (Lipinski definition) is 4. The molecule has 0 saturated carbocycles. The van der Waals surface area contributed by atoms with Crippen molar-refractivity contribution in [3.05, 3.63) is 28.7 Å². The summed E-state index contributed by atoms with van der Waals surface area (Å²) in [6.07, 6.45) is 0.355. The summed E-state index contributed by atoms with van der Waals surface area (Å²) in [6, 6.07) is 4.63. The SMILES string of the molecule is CN(CCC(N)C(=O)O)c1ccc2[nH]c(=O)[nH]c2c1. The van der Waals surface area contributed by atoms with Crippen LogP contribution in [0.25, 0.3) is 11.0 Å². The molecule has 7 heteroatoms. The van der Waals surface area contributed by atoms with Crippen molar-refractivity contribution in [2.24, 2.45) is 5.73 Å². The molecule has 1 aromatic carbocycles. The molecule has 0 aliphatic carbocycles. The van der Waals surface area contributed by atoms with Gasteiger partial charge in [-0.05, 0) is 24.6 Å². The molecule has 1 aromatic heterocycles. The van der Waals surface area contributed by atoms with Crippen molar-refractivity contribution in [2.75, 3.05) is 18.5 Å². The molecule has 102 valence electrons. The number of nitrogens with two attached hydrogens (primary N) is 1. The number of aromatic amines is 2. The van der Waals surface area contributed by atoms with Crippen LogP contribution in [0.2, 0.25) is 0 Å². The third-order valence-electron chi connectivity index (χ3n) is 3.03. The number of carbonyl (C=O) groups is 1. The lowest BCUT2D eigenvalue weighted by atomic mass is 10.2. The van der Waals surface area contributed by atoms with Gasteiger partial charge in [0.05, 0.1) is 11.0 Å². The van der Waals surface area contributed by atoms with Gasteiger partial charge in [-0.25, -0.2) is 4.79 Å². The van der Waals surface area contributed by atoms with Crippen LogP contribution in [0.5, 0.6) is 0 Å². The molecule has 0 bridgehead atoms. The predicted octanol–water partition coefficient (Wildman–Crippen LogP) is 0.0944. The number of nitrogens with zero attached hydrogens (tertiary/aromatic N) is 1. The Labute approximate surface area is 109 Å². The zero-order chi connectivity index (χ0) is 14.0. The van der Waals surface area contributed by atoms with Gasteiger partial charge in [-0.2, -0.15) is 0 Å². The Kier molecular flexibility index (Phi) is 3.57. The quantitative estimate of drug-likeness (QED) is 0.611. The molecular formula is C12H16N4O3. The first-order valence-corrected chi connectivity index (χ1v) is 5.89. The van der Waals surface area contributed by atoms with Crippen LogP contribution in [-0.4, -0.2) is 40.7 Å². The molecule has 1 unspecified atom stereocenters. The highest BCUT2D eigenvalue weighted by molar-refractivity contribution is 5.79. The van der Waals surface area contributed by atoms with Gasteiger partial charge in [-0.1, -0.05) is 0 Å². The van der Waals surface area contributed by atoms with Crippen LogP contribution >= 0.6 is 0 Å². The Bertz CT molecular complexity index is 646. The lowest BCUT2D eigenvalue weighted by molar-refractivity contribution is -0.138. The Morgan fingerprint density at radius 3 is 2.79 bits per heavy atom. The van der Waals surface area contributed by atoms with E-state index in [0.29, 0.717) is 13.0 Å². The Hall–Kier alpha value is -2.28. The highest BCUT2D eigenvalue weighted by Crippen LogP contribution is 2.18. The van der Waals surface area contributed by atoms with Crippen molar-refractivity contribution in [2.45, 2.75) is 12.5 Å². The molecule has 0 spiro atoms. The van der Waals surface area contributed by atoms with Crippen LogP contribution in [0.3, 0.4) is 0 Å². The van der Waals surface area contributed by atoms with E-state index in [9.17, 15) is 9.59 Å². The summed E-state index contributed by atoms with van der Waals surface area (Å²) in [5.74, 6) is -1.00. The van der Waals surface area contributed by atoms with Gasteiger partial charge in [0.15, 0.2) is 0 Å². The fourth-order valence-corrected chi connectivity index (χ4v) is 1.84. The molecule has 1 heterocycles. The van der Waals surface area contributed by atoms with Crippen molar-refractivity contribution in [3.63, 3.8) is 0 Å². The van der Waals surface area contributed by atoms with E-state index in [1.54, 1.807) is 6.07 Å². The number of carboxylic acid groups (broad SMARTS) is 1. The third kappa shape index (κ3) is 2.94. The number of H-pyrrole nitrogens is 2. The summed E-state index contributed by atoms with van der Waals surface area (Å²) >= 11 is 0. The van der Waals surface area contributed by atoms with Crippen molar-refractivity contribution in [3.8, 4) is 0 Å². The average molecular weight is 264 g/mol. The Morgan fingerprint density at radius 1 is 1.42 bits per heavy atom. The number of carboxylic acids is 1. The number of aromatic nitrogens is 2. The van der Waals surface area contributed by atoms with Crippen LogP contribution in [0.15, 0.2) is 23.0 Å². The second-order valence-corrected chi connectivity index (χ2v) is 4.46. The van der Waals surface area contributed by atoms with Gasteiger partial charge in [-0.3, -0.25) is 4.79 Å². The lowest BCUT2D eigenvalue weighted by Gasteiger charge is -2.20. The molecule has 0 aliphatic heterocycles. The van der Waals surface area contributed by atoms with E-state index < -0.39 is 12.0 Å². The number of imidazole rings is 1. The third-order valence-corrected chi connectivity index (χ3v) is 3.03. The van der Waals surface area contributed by atoms with E-state index >= 15 is 0 Å². The van der Waals surface area contributed by atoms with Gasteiger partial charge in [0.25, 0.3) is 0 Å². The van der Waals surface area contributed by atoms with E-state index in [1.807, 2.05) is 24.1 Å². The summed E-state index contributed by atoms with van der Waals surface area (Å²) < 4.78 is 0. The molecule has 0 fully saturated rings. The van der Waals surface area contributed by atoms with Gasteiger partial charge in [0.1, 0.15) is 6.04 Å². The molecule has 0 amide bonds. The van der Waals surface area contributed by atoms with E-state index in [1.165, 1.54) is 0 Å². The van der Waals surface area contributed by atoms with E-state index in [-0.39, 0.29) is 5.69 Å². The van der Waals surface area contributed by atoms with E-state index in [0.717, 1.165) is 16.7 Å². The maximum Gasteiger partial charge on any atom is 0.323 e. The van der Waals surface area contributed by atoms with Crippen LogP contribution < -0.4 is 16.3 Å². The van der Waals surface area contributed by atoms with Crippen molar-refractivity contribution in [1.29, 1.82) is 0 Å². The number of aliphatic carboxylic acids is 1. The highest BCUT2D eigenvalue weighted by atomic mass is 16.4. The number of nitrogens with one attached hydrogen (secondary N) is 2. The number of benzene rings is 1. The van der Waals surface area contributed by atoms with Crippen molar-refractivity contribution in [1.82, 2.24) is 9.97 Å². The summed E-state index contributed by atoms with van der Waals surface area (Å²) in [5, 5.41) is 8.72. The summed E-state index contributed by atoms with van der Waals surface area (Å²) in [5.41, 5.74) is 7.56. The van der Waals surface area contributed by atoms with E-state index in [4.69, 9.17) is 10.8 Å². The summed E-state index contributed by atoms with van der Waals surface area (Å²) in [7, 11) is 1.85. The minimum atomic E-state index is -1.00. The van der Waals surface area contributed by atoms with Crippen molar-refractivity contribution < 1.29 is 9.90 Å². The number of anilines is 1.